The third-order valence-corrected chi connectivity index (χ3v) is 3.94. The second-order valence-electron chi connectivity index (χ2n) is 4.54. The molecule has 2 unspecified atom stereocenters. The van der Waals surface area contributed by atoms with Gasteiger partial charge in [0.1, 0.15) is 0 Å². The molecule has 1 saturated carbocycles. The summed E-state index contributed by atoms with van der Waals surface area (Å²) in [6.45, 7) is 4.14. The van der Waals surface area contributed by atoms with Gasteiger partial charge in [0.15, 0.2) is 0 Å². The average Bonchev–Trinajstić information content (AvgIpc) is 2.04. The number of allylic oxidation sites excluding steroid dienone is 1. The summed E-state index contributed by atoms with van der Waals surface area (Å²) in [4.78, 5) is 11.1. The van der Waals surface area contributed by atoms with Crippen LogP contribution in [0.5, 0.6) is 0 Å². The fraction of sp³-hybridized carbons (Fsp3) is 0.700. The number of hydrogen-bond donors (Lipinski definition) is 1. The van der Waals surface area contributed by atoms with E-state index in [2.05, 4.69) is 13.8 Å². The maximum atomic E-state index is 11.1. The highest BCUT2D eigenvalue weighted by Gasteiger charge is 2.64. The monoisotopic (exact) mass is 166 g/mol. The Kier molecular flexibility index (Phi) is 1.26. The third kappa shape index (κ3) is 0.598. The van der Waals surface area contributed by atoms with Crippen LogP contribution < -0.4 is 0 Å². The molecule has 1 N–H and O–H groups in total. The van der Waals surface area contributed by atoms with Crippen molar-refractivity contribution in [2.45, 2.75) is 26.7 Å². The number of hydrogen-bond acceptors (Lipinski definition) is 1. The normalized spacial score (nSPS) is 42.0. The highest BCUT2D eigenvalue weighted by molar-refractivity contribution is 5.80. The van der Waals surface area contributed by atoms with E-state index in [9.17, 15) is 4.79 Å². The van der Waals surface area contributed by atoms with Gasteiger partial charge in [-0.3, -0.25) is 4.79 Å². The van der Waals surface area contributed by atoms with Crippen LogP contribution in [0.25, 0.3) is 0 Å². The maximum Gasteiger partial charge on any atom is 0.314 e. The van der Waals surface area contributed by atoms with Gasteiger partial charge in [0.05, 0.1) is 5.41 Å². The van der Waals surface area contributed by atoms with E-state index >= 15 is 0 Å². The zero-order valence-corrected chi connectivity index (χ0v) is 7.50. The predicted octanol–water partition coefficient (Wildman–Crippen LogP) is 2.06. The number of carboxylic acids is 1. The number of carbonyl (C=O) groups is 1. The molecule has 0 amide bonds. The van der Waals surface area contributed by atoms with E-state index in [1.807, 2.05) is 12.2 Å². The van der Waals surface area contributed by atoms with E-state index < -0.39 is 11.4 Å². The molecular formula is C10H14O2. The van der Waals surface area contributed by atoms with Crippen molar-refractivity contribution in [1.29, 1.82) is 0 Å². The molecule has 3 aliphatic carbocycles. The summed E-state index contributed by atoms with van der Waals surface area (Å²) in [6.07, 6.45) is 5.82. The van der Waals surface area contributed by atoms with Crippen molar-refractivity contribution in [2.24, 2.45) is 16.7 Å². The van der Waals surface area contributed by atoms with Crippen LogP contribution in [-0.2, 0) is 4.79 Å². The quantitative estimate of drug-likeness (QED) is 0.605. The number of aliphatic carboxylic acids is 1. The van der Waals surface area contributed by atoms with Crippen molar-refractivity contribution in [3.8, 4) is 0 Å². The van der Waals surface area contributed by atoms with Gasteiger partial charge in [-0.25, -0.2) is 0 Å². The first-order valence-electron chi connectivity index (χ1n) is 4.42. The second kappa shape index (κ2) is 1.93. The highest BCUT2D eigenvalue weighted by Crippen LogP contribution is 2.65. The molecule has 0 aliphatic heterocycles. The minimum absolute atomic E-state index is 0.0341. The Morgan fingerprint density at radius 2 is 2.25 bits per heavy atom. The number of rotatable bonds is 1. The lowest BCUT2D eigenvalue weighted by Crippen LogP contribution is -2.59. The summed E-state index contributed by atoms with van der Waals surface area (Å²) in [5.74, 6) is -0.0710. The first-order valence-corrected chi connectivity index (χ1v) is 4.42. The summed E-state index contributed by atoms with van der Waals surface area (Å²) < 4.78 is 0. The Morgan fingerprint density at radius 3 is 2.58 bits per heavy atom. The lowest BCUT2D eigenvalue weighted by atomic mass is 9.42. The summed E-state index contributed by atoms with van der Waals surface area (Å²) in [6, 6.07) is 0. The standard InChI is InChI=1S/C10H14O2/c1-9(2)7-4-3-5-10(9,6-7)8(11)12/h3,5,7H,4,6H2,1-2H3,(H,11,12). The minimum Gasteiger partial charge on any atom is -0.481 e. The average molecular weight is 166 g/mol. The Morgan fingerprint density at radius 1 is 1.58 bits per heavy atom. The summed E-state index contributed by atoms with van der Waals surface area (Å²) in [5.41, 5.74) is -0.580. The van der Waals surface area contributed by atoms with Gasteiger partial charge in [-0.2, -0.15) is 0 Å². The van der Waals surface area contributed by atoms with E-state index in [1.165, 1.54) is 0 Å². The van der Waals surface area contributed by atoms with E-state index in [1.54, 1.807) is 0 Å². The summed E-state index contributed by atoms with van der Waals surface area (Å²) >= 11 is 0. The maximum absolute atomic E-state index is 11.1. The van der Waals surface area contributed by atoms with Crippen LogP contribution in [0.15, 0.2) is 12.2 Å². The molecule has 0 radical (unpaired) electrons. The van der Waals surface area contributed by atoms with Gasteiger partial charge < -0.3 is 5.11 Å². The Labute approximate surface area is 72.3 Å². The van der Waals surface area contributed by atoms with Gasteiger partial charge in [-0.05, 0) is 24.2 Å². The van der Waals surface area contributed by atoms with Crippen LogP contribution in [0.1, 0.15) is 26.7 Å². The second-order valence-corrected chi connectivity index (χ2v) is 4.54. The molecule has 3 rings (SSSR count). The van der Waals surface area contributed by atoms with E-state index in [0.717, 1.165) is 12.8 Å². The van der Waals surface area contributed by atoms with Gasteiger partial charge >= 0.3 is 5.97 Å². The van der Waals surface area contributed by atoms with E-state index in [-0.39, 0.29) is 5.41 Å². The third-order valence-electron chi connectivity index (χ3n) is 3.94. The van der Waals surface area contributed by atoms with Gasteiger partial charge in [0, 0.05) is 0 Å². The van der Waals surface area contributed by atoms with Crippen molar-refractivity contribution in [3.63, 3.8) is 0 Å². The van der Waals surface area contributed by atoms with Crippen LogP contribution in [0.4, 0.5) is 0 Å². The van der Waals surface area contributed by atoms with Crippen LogP contribution in [0, 0.1) is 16.7 Å². The number of fused-ring (bicyclic) bond motifs is 1. The van der Waals surface area contributed by atoms with Crippen molar-refractivity contribution in [2.75, 3.05) is 0 Å². The van der Waals surface area contributed by atoms with Crippen LogP contribution in [0.2, 0.25) is 0 Å². The molecule has 0 heterocycles. The molecule has 2 nitrogen and oxygen atoms in total. The van der Waals surface area contributed by atoms with Crippen molar-refractivity contribution in [3.05, 3.63) is 12.2 Å². The van der Waals surface area contributed by atoms with E-state index in [0.29, 0.717) is 5.92 Å². The number of carboxylic acid groups (broad SMARTS) is 1. The molecule has 3 aliphatic rings. The minimum atomic E-state index is -0.653. The molecule has 2 heteroatoms. The molecule has 2 bridgehead atoms. The van der Waals surface area contributed by atoms with Crippen LogP contribution in [0.3, 0.4) is 0 Å². The molecule has 12 heavy (non-hydrogen) atoms. The highest BCUT2D eigenvalue weighted by atomic mass is 16.4. The lowest BCUT2D eigenvalue weighted by Gasteiger charge is -2.60. The molecule has 0 aromatic rings. The SMILES string of the molecule is CC1(C)C2CC=CC1(C(=O)O)C2. The van der Waals surface area contributed by atoms with Gasteiger partial charge in [-0.15, -0.1) is 0 Å². The predicted molar refractivity (Wildman–Crippen MR) is 45.7 cm³/mol. The topological polar surface area (TPSA) is 37.3 Å². The smallest absolute Gasteiger partial charge is 0.314 e. The lowest BCUT2D eigenvalue weighted by molar-refractivity contribution is -0.176. The molecule has 66 valence electrons. The summed E-state index contributed by atoms with van der Waals surface area (Å²) in [7, 11) is 0. The van der Waals surface area contributed by atoms with E-state index in [4.69, 9.17) is 5.11 Å². The fourth-order valence-corrected chi connectivity index (χ4v) is 2.67. The zero-order valence-electron chi connectivity index (χ0n) is 7.50. The van der Waals surface area contributed by atoms with Crippen LogP contribution in [-0.4, -0.2) is 11.1 Å². The molecule has 2 atom stereocenters. The first kappa shape index (κ1) is 7.84. The van der Waals surface area contributed by atoms with Crippen molar-refractivity contribution < 1.29 is 9.90 Å². The Bertz CT molecular complexity index is 265. The largest absolute Gasteiger partial charge is 0.481 e. The van der Waals surface area contributed by atoms with Gasteiger partial charge in [0.25, 0.3) is 0 Å². The van der Waals surface area contributed by atoms with Gasteiger partial charge in [-0.1, -0.05) is 26.0 Å². The fourth-order valence-electron chi connectivity index (χ4n) is 2.67. The molecule has 1 fully saturated rings. The van der Waals surface area contributed by atoms with Crippen molar-refractivity contribution >= 4 is 5.97 Å². The Balaban J connectivity index is 2.43. The molecule has 0 aromatic carbocycles. The molecule has 0 saturated heterocycles. The summed E-state index contributed by atoms with van der Waals surface area (Å²) in [5, 5.41) is 9.12. The Hall–Kier alpha value is -0.790. The molecule has 0 spiro atoms. The molecular weight excluding hydrogens is 152 g/mol. The first-order chi connectivity index (χ1) is 5.51. The van der Waals surface area contributed by atoms with Gasteiger partial charge in [0.2, 0.25) is 0 Å². The van der Waals surface area contributed by atoms with Crippen LogP contribution >= 0.6 is 0 Å². The van der Waals surface area contributed by atoms with Crippen molar-refractivity contribution in [1.82, 2.24) is 0 Å². The zero-order chi connectivity index (χ0) is 8.98. The molecule has 0 aromatic heterocycles.